The molecule has 0 aromatic heterocycles. The summed E-state index contributed by atoms with van der Waals surface area (Å²) < 4.78 is 0. The van der Waals surface area contributed by atoms with E-state index in [1.54, 1.807) is 0 Å². The maximum atomic E-state index is 12.8. The van der Waals surface area contributed by atoms with Crippen LogP contribution < -0.4 is 5.32 Å². The van der Waals surface area contributed by atoms with Crippen LogP contribution in [-0.2, 0) is 4.79 Å². The van der Waals surface area contributed by atoms with Crippen molar-refractivity contribution in [3.05, 3.63) is 0 Å². The zero-order valence-corrected chi connectivity index (χ0v) is 14.7. The van der Waals surface area contributed by atoms with Gasteiger partial charge in [-0.3, -0.25) is 4.79 Å². The van der Waals surface area contributed by atoms with Crippen molar-refractivity contribution < 1.29 is 4.79 Å². The van der Waals surface area contributed by atoms with Gasteiger partial charge in [0.25, 0.3) is 0 Å². The minimum Gasteiger partial charge on any atom is -0.343 e. The normalized spacial score (nSPS) is 40.6. The van der Waals surface area contributed by atoms with Gasteiger partial charge < -0.3 is 10.2 Å². The van der Waals surface area contributed by atoms with Crippen LogP contribution in [0.15, 0.2) is 0 Å². The molecule has 4 saturated carbocycles. The predicted octanol–water partition coefficient (Wildman–Crippen LogP) is 3.23. The van der Waals surface area contributed by atoms with Crippen molar-refractivity contribution in [3.63, 3.8) is 0 Å². The standard InChI is InChI=1S/C18H30N2O.ClH/c1-19-16-2-4-20(5-3-16)17(21)12-18-9-13-6-14(10-18)8-15(7-13)11-18;/h13-16,19H,2-12H2,1H3;1H. The Balaban J connectivity index is 0.00000144. The fourth-order valence-electron chi connectivity index (χ4n) is 6.36. The fourth-order valence-corrected chi connectivity index (χ4v) is 6.36. The molecule has 4 heteroatoms. The second-order valence-corrected chi connectivity index (χ2v) is 8.54. The van der Waals surface area contributed by atoms with Crippen molar-refractivity contribution in [2.75, 3.05) is 20.1 Å². The van der Waals surface area contributed by atoms with E-state index in [1.165, 1.54) is 38.5 Å². The monoisotopic (exact) mass is 326 g/mol. The van der Waals surface area contributed by atoms with E-state index in [9.17, 15) is 4.79 Å². The van der Waals surface area contributed by atoms with Gasteiger partial charge in [-0.05, 0) is 81.6 Å². The van der Waals surface area contributed by atoms with Gasteiger partial charge in [-0.2, -0.15) is 0 Å². The molecule has 1 amide bonds. The molecule has 126 valence electrons. The Morgan fingerprint density at radius 3 is 2.00 bits per heavy atom. The Morgan fingerprint density at radius 1 is 1.05 bits per heavy atom. The summed E-state index contributed by atoms with van der Waals surface area (Å²) in [6.45, 7) is 1.94. The lowest BCUT2D eigenvalue weighted by molar-refractivity contribution is -0.140. The van der Waals surface area contributed by atoms with E-state index in [-0.39, 0.29) is 12.4 Å². The average molecular weight is 327 g/mol. The molecular weight excluding hydrogens is 296 g/mol. The summed E-state index contributed by atoms with van der Waals surface area (Å²) in [7, 11) is 2.04. The SMILES string of the molecule is CNC1CCN(C(=O)CC23CC4CC(CC(C4)C2)C3)CC1.Cl. The Hall–Kier alpha value is -0.280. The molecule has 4 aliphatic carbocycles. The van der Waals surface area contributed by atoms with Crippen LogP contribution in [0.3, 0.4) is 0 Å². The van der Waals surface area contributed by atoms with Crippen molar-refractivity contribution in [2.24, 2.45) is 23.2 Å². The molecule has 1 saturated heterocycles. The number of hydrogen-bond donors (Lipinski definition) is 1. The van der Waals surface area contributed by atoms with Crippen LogP contribution in [0.2, 0.25) is 0 Å². The first kappa shape index (κ1) is 16.6. The molecule has 22 heavy (non-hydrogen) atoms. The number of likely N-dealkylation sites (tertiary alicyclic amines) is 1. The number of amides is 1. The van der Waals surface area contributed by atoms with Crippen LogP contribution in [0.25, 0.3) is 0 Å². The number of rotatable bonds is 3. The first-order valence-electron chi connectivity index (χ1n) is 9.11. The Labute approximate surface area is 141 Å². The minimum absolute atomic E-state index is 0. The molecule has 0 aromatic carbocycles. The van der Waals surface area contributed by atoms with Crippen LogP contribution >= 0.6 is 12.4 Å². The maximum Gasteiger partial charge on any atom is 0.223 e. The lowest BCUT2D eigenvalue weighted by Crippen LogP contribution is -2.50. The number of piperidine rings is 1. The molecule has 0 spiro atoms. The summed E-state index contributed by atoms with van der Waals surface area (Å²) in [6.07, 6.45) is 11.6. The zero-order valence-electron chi connectivity index (χ0n) is 13.9. The highest BCUT2D eigenvalue weighted by Gasteiger charge is 2.51. The fraction of sp³-hybridized carbons (Fsp3) is 0.944. The molecule has 1 heterocycles. The molecule has 3 nitrogen and oxygen atoms in total. The van der Waals surface area contributed by atoms with E-state index in [4.69, 9.17) is 0 Å². The number of nitrogens with zero attached hydrogens (tertiary/aromatic N) is 1. The quantitative estimate of drug-likeness (QED) is 0.863. The number of nitrogens with one attached hydrogen (secondary N) is 1. The van der Waals surface area contributed by atoms with Gasteiger partial charge in [0, 0.05) is 25.6 Å². The predicted molar refractivity (Wildman–Crippen MR) is 91.1 cm³/mol. The van der Waals surface area contributed by atoms with Gasteiger partial charge in [0.15, 0.2) is 0 Å². The third-order valence-electron chi connectivity index (χ3n) is 6.95. The van der Waals surface area contributed by atoms with Crippen molar-refractivity contribution in [1.82, 2.24) is 10.2 Å². The van der Waals surface area contributed by atoms with Crippen molar-refractivity contribution in [3.8, 4) is 0 Å². The number of carbonyl (C=O) groups is 1. The van der Waals surface area contributed by atoms with E-state index in [0.717, 1.165) is 50.1 Å². The zero-order chi connectivity index (χ0) is 14.4. The van der Waals surface area contributed by atoms with E-state index < -0.39 is 0 Å². The number of halogens is 1. The summed E-state index contributed by atoms with van der Waals surface area (Å²) in [5.74, 6) is 3.34. The Kier molecular flexibility index (Phi) is 4.76. The Bertz CT molecular complexity index is 382. The molecule has 0 unspecified atom stereocenters. The Morgan fingerprint density at radius 2 is 1.55 bits per heavy atom. The van der Waals surface area contributed by atoms with Gasteiger partial charge in [-0.1, -0.05) is 0 Å². The van der Waals surface area contributed by atoms with Gasteiger partial charge in [0.05, 0.1) is 0 Å². The summed E-state index contributed by atoms with van der Waals surface area (Å²) in [6, 6.07) is 0.619. The van der Waals surface area contributed by atoms with E-state index in [1.807, 2.05) is 7.05 Å². The van der Waals surface area contributed by atoms with E-state index in [0.29, 0.717) is 17.4 Å². The molecule has 5 fully saturated rings. The highest BCUT2D eigenvalue weighted by Crippen LogP contribution is 2.61. The van der Waals surface area contributed by atoms with Gasteiger partial charge in [-0.25, -0.2) is 0 Å². The second kappa shape index (κ2) is 6.32. The highest BCUT2D eigenvalue weighted by molar-refractivity contribution is 5.85. The third kappa shape index (κ3) is 3.03. The molecule has 0 aromatic rings. The van der Waals surface area contributed by atoms with Gasteiger partial charge in [0.2, 0.25) is 5.91 Å². The van der Waals surface area contributed by atoms with Crippen molar-refractivity contribution >= 4 is 18.3 Å². The van der Waals surface area contributed by atoms with Gasteiger partial charge >= 0.3 is 0 Å². The van der Waals surface area contributed by atoms with Crippen LogP contribution in [0.5, 0.6) is 0 Å². The smallest absolute Gasteiger partial charge is 0.223 e. The molecule has 1 aliphatic heterocycles. The van der Waals surface area contributed by atoms with Crippen LogP contribution in [0.4, 0.5) is 0 Å². The van der Waals surface area contributed by atoms with E-state index >= 15 is 0 Å². The van der Waals surface area contributed by atoms with Crippen LogP contribution in [0.1, 0.15) is 57.8 Å². The third-order valence-corrected chi connectivity index (χ3v) is 6.95. The summed E-state index contributed by atoms with van der Waals surface area (Å²) in [4.78, 5) is 14.9. The maximum absolute atomic E-state index is 12.8. The van der Waals surface area contributed by atoms with E-state index in [2.05, 4.69) is 10.2 Å². The number of hydrogen-bond acceptors (Lipinski definition) is 2. The minimum atomic E-state index is 0. The van der Waals surface area contributed by atoms with Crippen LogP contribution in [-0.4, -0.2) is 37.0 Å². The largest absolute Gasteiger partial charge is 0.343 e. The second-order valence-electron chi connectivity index (χ2n) is 8.54. The molecule has 1 N–H and O–H groups in total. The summed E-state index contributed by atoms with van der Waals surface area (Å²) in [5.41, 5.74) is 0.408. The van der Waals surface area contributed by atoms with Crippen molar-refractivity contribution in [1.29, 1.82) is 0 Å². The lowest BCUT2D eigenvalue weighted by Gasteiger charge is -2.57. The molecule has 0 radical (unpaired) electrons. The first-order valence-corrected chi connectivity index (χ1v) is 9.11. The van der Waals surface area contributed by atoms with Gasteiger partial charge in [0.1, 0.15) is 0 Å². The first-order chi connectivity index (χ1) is 10.2. The van der Waals surface area contributed by atoms with Gasteiger partial charge in [-0.15, -0.1) is 12.4 Å². The molecular formula is C18H31ClN2O. The number of carbonyl (C=O) groups excluding carboxylic acids is 1. The van der Waals surface area contributed by atoms with Crippen molar-refractivity contribution in [2.45, 2.75) is 63.8 Å². The topological polar surface area (TPSA) is 32.3 Å². The average Bonchev–Trinajstić information content (AvgIpc) is 2.45. The molecule has 4 bridgehead atoms. The highest BCUT2D eigenvalue weighted by atomic mass is 35.5. The molecule has 0 atom stereocenters. The summed E-state index contributed by atoms with van der Waals surface area (Å²) >= 11 is 0. The molecule has 5 rings (SSSR count). The summed E-state index contributed by atoms with van der Waals surface area (Å²) in [5, 5.41) is 3.35. The van der Waals surface area contributed by atoms with Crippen LogP contribution in [0, 0.1) is 23.2 Å². The molecule has 5 aliphatic rings. The lowest BCUT2D eigenvalue weighted by atomic mass is 9.49.